The summed E-state index contributed by atoms with van der Waals surface area (Å²) in [7, 11) is 2.22. The van der Waals surface area contributed by atoms with Crippen LogP contribution in [0.2, 0.25) is 0 Å². The van der Waals surface area contributed by atoms with E-state index in [2.05, 4.69) is 24.5 Å². The van der Waals surface area contributed by atoms with Gasteiger partial charge in [-0.3, -0.25) is 4.98 Å². The molecule has 108 valence electrons. The predicted molar refractivity (Wildman–Crippen MR) is 81.4 cm³/mol. The highest BCUT2D eigenvalue weighted by atomic mass is 32.1. The Hall–Kier alpha value is -0.403. The zero-order valence-corrected chi connectivity index (χ0v) is 13.9. The lowest BCUT2D eigenvalue weighted by Crippen LogP contribution is -2.52. The fourth-order valence-electron chi connectivity index (χ4n) is 2.10. The molecule has 0 aromatic carbocycles. The van der Waals surface area contributed by atoms with Crippen LogP contribution in [0.25, 0.3) is 0 Å². The van der Waals surface area contributed by atoms with Crippen molar-refractivity contribution in [2.24, 2.45) is 0 Å². The molecule has 19 heavy (non-hydrogen) atoms. The van der Waals surface area contributed by atoms with E-state index in [0.717, 1.165) is 12.8 Å². The van der Waals surface area contributed by atoms with Crippen molar-refractivity contribution in [3.05, 3.63) is 30.1 Å². The number of nitrogens with zero attached hydrogens (tertiary/aromatic N) is 1. The molecule has 0 saturated carbocycles. The molecule has 4 nitrogen and oxygen atoms in total. The summed E-state index contributed by atoms with van der Waals surface area (Å²) >= 11 is 4.61. The highest BCUT2D eigenvalue weighted by Gasteiger charge is 2.45. The first-order valence-electron chi connectivity index (χ1n) is 6.33. The van der Waals surface area contributed by atoms with Gasteiger partial charge in [-0.2, -0.15) is 12.6 Å². The standard InChI is InChI=1S/C13H23NO3SSi/c1-11(12-7-9-14-10-8-12)5-6-13(18)19(15-2,16-3)17-4/h7-11,13,18H,5-6H2,1-4H3. The first kappa shape index (κ1) is 16.7. The summed E-state index contributed by atoms with van der Waals surface area (Å²) in [6.45, 7) is 2.20. The van der Waals surface area contributed by atoms with E-state index in [1.165, 1.54) is 5.56 Å². The first-order chi connectivity index (χ1) is 9.09. The number of hydrogen-bond acceptors (Lipinski definition) is 5. The second-order valence-electron chi connectivity index (χ2n) is 4.49. The predicted octanol–water partition coefficient (Wildman–Crippen LogP) is 2.68. The summed E-state index contributed by atoms with van der Waals surface area (Å²) in [5.74, 6) is 0.454. The molecule has 6 heteroatoms. The second kappa shape index (κ2) is 8.01. The van der Waals surface area contributed by atoms with Gasteiger partial charge in [-0.05, 0) is 36.5 Å². The number of rotatable bonds is 8. The second-order valence-corrected chi connectivity index (χ2v) is 8.73. The quantitative estimate of drug-likeness (QED) is 0.592. The van der Waals surface area contributed by atoms with E-state index < -0.39 is 8.80 Å². The van der Waals surface area contributed by atoms with Crippen LogP contribution in [-0.2, 0) is 13.3 Å². The molecule has 0 saturated heterocycles. The third kappa shape index (κ3) is 4.29. The lowest BCUT2D eigenvalue weighted by molar-refractivity contribution is 0.120. The molecule has 0 N–H and O–H groups in total. The Morgan fingerprint density at radius 2 is 1.63 bits per heavy atom. The molecule has 2 atom stereocenters. The van der Waals surface area contributed by atoms with Crippen LogP contribution in [-0.4, -0.2) is 40.0 Å². The molecule has 2 unspecified atom stereocenters. The van der Waals surface area contributed by atoms with Crippen LogP contribution in [0.15, 0.2) is 24.5 Å². The molecule has 0 aliphatic heterocycles. The van der Waals surface area contributed by atoms with E-state index in [-0.39, 0.29) is 4.87 Å². The van der Waals surface area contributed by atoms with Crippen LogP contribution in [0.5, 0.6) is 0 Å². The van der Waals surface area contributed by atoms with Gasteiger partial charge in [-0.1, -0.05) is 6.92 Å². The van der Waals surface area contributed by atoms with E-state index >= 15 is 0 Å². The van der Waals surface area contributed by atoms with Crippen LogP contribution in [0, 0.1) is 0 Å². The normalized spacial score (nSPS) is 15.2. The largest absolute Gasteiger partial charge is 0.513 e. The third-order valence-electron chi connectivity index (χ3n) is 3.41. The highest BCUT2D eigenvalue weighted by Crippen LogP contribution is 2.26. The fourth-order valence-corrected chi connectivity index (χ4v) is 5.04. The van der Waals surface area contributed by atoms with Gasteiger partial charge >= 0.3 is 8.80 Å². The fraction of sp³-hybridized carbons (Fsp3) is 0.615. The number of pyridine rings is 1. The SMILES string of the molecule is CO[Si](OC)(OC)C(S)CCC(C)c1ccncc1. The third-order valence-corrected chi connectivity index (χ3v) is 7.43. The van der Waals surface area contributed by atoms with Crippen molar-refractivity contribution in [3.8, 4) is 0 Å². The van der Waals surface area contributed by atoms with Crippen LogP contribution < -0.4 is 0 Å². The van der Waals surface area contributed by atoms with Gasteiger partial charge in [0.25, 0.3) is 0 Å². The van der Waals surface area contributed by atoms with Crippen molar-refractivity contribution in [1.29, 1.82) is 0 Å². The summed E-state index contributed by atoms with van der Waals surface area (Å²) in [5.41, 5.74) is 1.29. The van der Waals surface area contributed by atoms with E-state index in [1.54, 1.807) is 21.3 Å². The Labute approximate surface area is 122 Å². The molecule has 0 aliphatic rings. The van der Waals surface area contributed by atoms with Gasteiger partial charge in [-0.25, -0.2) is 0 Å². The molecule has 1 heterocycles. The van der Waals surface area contributed by atoms with E-state index in [9.17, 15) is 0 Å². The number of aromatic nitrogens is 1. The van der Waals surface area contributed by atoms with Gasteiger partial charge in [0.1, 0.15) is 0 Å². The molecule has 1 aromatic rings. The van der Waals surface area contributed by atoms with Crippen LogP contribution in [0.3, 0.4) is 0 Å². The van der Waals surface area contributed by atoms with E-state index in [0.29, 0.717) is 5.92 Å². The van der Waals surface area contributed by atoms with Crippen LogP contribution in [0.1, 0.15) is 31.2 Å². The Bertz CT molecular complexity index is 354. The smallest absolute Gasteiger partial charge is 0.376 e. The number of thiol groups is 1. The maximum absolute atomic E-state index is 5.44. The highest BCUT2D eigenvalue weighted by molar-refractivity contribution is 7.83. The summed E-state index contributed by atoms with van der Waals surface area (Å²) < 4.78 is 16.3. The lowest BCUT2D eigenvalue weighted by Gasteiger charge is -2.30. The molecule has 0 radical (unpaired) electrons. The van der Waals surface area contributed by atoms with Crippen LogP contribution >= 0.6 is 12.6 Å². The summed E-state index contributed by atoms with van der Waals surface area (Å²) in [6.07, 6.45) is 5.53. The van der Waals surface area contributed by atoms with Crippen molar-refractivity contribution in [3.63, 3.8) is 0 Å². The minimum atomic E-state index is -2.64. The molecule has 1 aromatic heterocycles. The molecular weight excluding hydrogens is 278 g/mol. The van der Waals surface area contributed by atoms with Crippen molar-refractivity contribution < 1.29 is 13.3 Å². The zero-order valence-electron chi connectivity index (χ0n) is 12.0. The Morgan fingerprint density at radius 1 is 1.11 bits per heavy atom. The molecule has 0 spiro atoms. The average molecular weight is 301 g/mol. The van der Waals surface area contributed by atoms with Crippen molar-refractivity contribution >= 4 is 21.4 Å². The van der Waals surface area contributed by atoms with Gasteiger partial charge in [0.15, 0.2) is 0 Å². The monoisotopic (exact) mass is 301 g/mol. The van der Waals surface area contributed by atoms with Gasteiger partial charge in [0.2, 0.25) is 0 Å². The topological polar surface area (TPSA) is 40.6 Å². The van der Waals surface area contributed by atoms with Crippen LogP contribution in [0.4, 0.5) is 0 Å². The molecular formula is C13H23NO3SSi. The first-order valence-corrected chi connectivity index (χ1v) is 8.65. The Balaban J connectivity index is 2.56. The summed E-state index contributed by atoms with van der Waals surface area (Å²) in [6, 6.07) is 4.09. The number of hydrogen-bond donors (Lipinski definition) is 1. The minimum absolute atomic E-state index is 0.0169. The average Bonchev–Trinajstić information content (AvgIpc) is 2.48. The van der Waals surface area contributed by atoms with Crippen molar-refractivity contribution in [2.45, 2.75) is 30.6 Å². The van der Waals surface area contributed by atoms with Crippen molar-refractivity contribution in [2.75, 3.05) is 21.3 Å². The van der Waals surface area contributed by atoms with E-state index in [4.69, 9.17) is 13.3 Å². The summed E-state index contributed by atoms with van der Waals surface area (Å²) in [5, 5.41) is 0. The Morgan fingerprint density at radius 3 is 2.11 bits per heavy atom. The molecule has 1 rings (SSSR count). The van der Waals surface area contributed by atoms with E-state index in [1.807, 2.05) is 24.5 Å². The van der Waals surface area contributed by atoms with Gasteiger partial charge in [0.05, 0.1) is 4.87 Å². The van der Waals surface area contributed by atoms with Gasteiger partial charge in [-0.15, -0.1) is 0 Å². The molecule has 0 fully saturated rings. The zero-order chi connectivity index (χ0) is 14.3. The molecule has 0 bridgehead atoms. The van der Waals surface area contributed by atoms with Crippen molar-refractivity contribution in [1.82, 2.24) is 4.98 Å². The molecule has 0 aliphatic carbocycles. The molecule has 0 amide bonds. The Kier molecular flexibility index (Phi) is 7.02. The van der Waals surface area contributed by atoms with Gasteiger partial charge in [0, 0.05) is 33.7 Å². The maximum atomic E-state index is 5.44. The lowest BCUT2D eigenvalue weighted by atomic mass is 9.98. The van der Waals surface area contributed by atoms with Gasteiger partial charge < -0.3 is 13.3 Å². The maximum Gasteiger partial charge on any atom is 0.513 e. The summed E-state index contributed by atoms with van der Waals surface area (Å²) in [4.78, 5) is 4.02. The minimum Gasteiger partial charge on any atom is -0.376 e.